The first-order valence-electron chi connectivity index (χ1n) is 6.85. The Morgan fingerprint density at radius 2 is 2.00 bits per heavy atom. The summed E-state index contributed by atoms with van der Waals surface area (Å²) >= 11 is 0. The highest BCUT2D eigenvalue weighted by atomic mass is 15.0. The van der Waals surface area contributed by atoms with Crippen molar-refractivity contribution < 1.29 is 0 Å². The first-order valence-corrected chi connectivity index (χ1v) is 6.85. The fraction of sp³-hybridized carbons (Fsp3) is 0.467. The zero-order chi connectivity index (χ0) is 12.7. The fourth-order valence-electron chi connectivity index (χ4n) is 2.89. The van der Waals surface area contributed by atoms with Gasteiger partial charge in [0.15, 0.2) is 0 Å². The van der Waals surface area contributed by atoms with Gasteiger partial charge >= 0.3 is 0 Å². The largest absolute Gasteiger partial charge is 0.347 e. The molecular formula is C15H21N3. The van der Waals surface area contributed by atoms with Gasteiger partial charge in [-0.1, -0.05) is 6.92 Å². The number of nitrogens with one attached hydrogen (secondary N) is 1. The standard InChI is InChI=1S/C15H21N3/c1-3-14(16)13-9-18(4-2)15-6-11-8-17-7-10(11)5-12(13)15/h5-6,9,14,17H,3-4,7-8,16H2,1-2H3. The third-order valence-electron chi connectivity index (χ3n) is 4.04. The van der Waals surface area contributed by atoms with Gasteiger partial charge in [-0.15, -0.1) is 0 Å². The number of aryl methyl sites for hydroxylation is 1. The van der Waals surface area contributed by atoms with Crippen LogP contribution in [0.15, 0.2) is 18.3 Å². The van der Waals surface area contributed by atoms with Crippen molar-refractivity contribution in [1.29, 1.82) is 0 Å². The summed E-state index contributed by atoms with van der Waals surface area (Å²) in [5, 5.41) is 4.75. The third kappa shape index (κ3) is 1.66. The monoisotopic (exact) mass is 243 g/mol. The summed E-state index contributed by atoms with van der Waals surface area (Å²) in [5.74, 6) is 0. The molecule has 0 spiro atoms. The molecule has 0 fully saturated rings. The number of fused-ring (bicyclic) bond motifs is 2. The van der Waals surface area contributed by atoms with Crippen LogP contribution in [0.4, 0.5) is 0 Å². The molecular weight excluding hydrogens is 222 g/mol. The van der Waals surface area contributed by atoms with E-state index < -0.39 is 0 Å². The van der Waals surface area contributed by atoms with Gasteiger partial charge in [-0.3, -0.25) is 0 Å². The van der Waals surface area contributed by atoms with E-state index in [0.29, 0.717) is 0 Å². The number of nitrogens with zero attached hydrogens (tertiary/aromatic N) is 1. The molecule has 96 valence electrons. The molecule has 3 N–H and O–H groups in total. The Morgan fingerprint density at radius 3 is 2.67 bits per heavy atom. The highest BCUT2D eigenvalue weighted by molar-refractivity contribution is 5.86. The molecule has 1 atom stereocenters. The lowest BCUT2D eigenvalue weighted by molar-refractivity contribution is 0.694. The SMILES string of the molecule is CCC(N)c1cn(CC)c2cc3c(cc12)CNC3. The smallest absolute Gasteiger partial charge is 0.0487 e. The summed E-state index contributed by atoms with van der Waals surface area (Å²) in [6, 6.07) is 4.81. The number of nitrogens with two attached hydrogens (primary N) is 1. The molecule has 0 aliphatic carbocycles. The average molecular weight is 243 g/mol. The molecule has 1 aromatic heterocycles. The maximum absolute atomic E-state index is 6.24. The van der Waals surface area contributed by atoms with Gasteiger partial charge in [-0.2, -0.15) is 0 Å². The summed E-state index contributed by atoms with van der Waals surface area (Å²) in [4.78, 5) is 0. The average Bonchev–Trinajstić information content (AvgIpc) is 2.98. The van der Waals surface area contributed by atoms with Crippen molar-refractivity contribution in [3.05, 3.63) is 35.0 Å². The van der Waals surface area contributed by atoms with E-state index in [0.717, 1.165) is 26.1 Å². The maximum atomic E-state index is 6.24. The van der Waals surface area contributed by atoms with Crippen LogP contribution in [0.5, 0.6) is 0 Å². The minimum Gasteiger partial charge on any atom is -0.347 e. The molecule has 3 nitrogen and oxygen atoms in total. The number of hydrogen-bond acceptors (Lipinski definition) is 2. The van der Waals surface area contributed by atoms with Gasteiger partial charge in [-0.25, -0.2) is 0 Å². The van der Waals surface area contributed by atoms with Crippen molar-refractivity contribution in [2.75, 3.05) is 0 Å². The maximum Gasteiger partial charge on any atom is 0.0487 e. The van der Waals surface area contributed by atoms with Crippen LogP contribution in [-0.4, -0.2) is 4.57 Å². The van der Waals surface area contributed by atoms with Gasteiger partial charge in [0.1, 0.15) is 0 Å². The molecule has 0 saturated carbocycles. The van der Waals surface area contributed by atoms with Crippen molar-refractivity contribution in [3.8, 4) is 0 Å². The zero-order valence-electron chi connectivity index (χ0n) is 11.2. The van der Waals surface area contributed by atoms with Crippen LogP contribution >= 0.6 is 0 Å². The molecule has 1 aliphatic heterocycles. The second kappa shape index (κ2) is 4.41. The summed E-state index contributed by atoms with van der Waals surface area (Å²) in [5.41, 5.74) is 11.7. The summed E-state index contributed by atoms with van der Waals surface area (Å²) < 4.78 is 2.32. The van der Waals surface area contributed by atoms with E-state index >= 15 is 0 Å². The minimum atomic E-state index is 0.146. The van der Waals surface area contributed by atoms with Gasteiger partial charge in [-0.05, 0) is 42.2 Å². The van der Waals surface area contributed by atoms with Gasteiger partial charge < -0.3 is 15.6 Å². The molecule has 0 saturated heterocycles. The van der Waals surface area contributed by atoms with Crippen molar-refractivity contribution in [3.63, 3.8) is 0 Å². The number of aromatic nitrogens is 1. The van der Waals surface area contributed by atoms with Gasteiger partial charge in [0, 0.05) is 42.8 Å². The van der Waals surface area contributed by atoms with Crippen molar-refractivity contribution in [2.24, 2.45) is 5.73 Å². The van der Waals surface area contributed by atoms with E-state index in [9.17, 15) is 0 Å². The number of rotatable bonds is 3. The molecule has 2 aromatic rings. The molecule has 1 aliphatic rings. The van der Waals surface area contributed by atoms with Crippen LogP contribution in [0.3, 0.4) is 0 Å². The van der Waals surface area contributed by atoms with Crippen LogP contribution in [0.2, 0.25) is 0 Å². The lowest BCUT2D eigenvalue weighted by atomic mass is 10.0. The Hall–Kier alpha value is -1.32. The topological polar surface area (TPSA) is 43.0 Å². The normalized spacial score (nSPS) is 16.2. The highest BCUT2D eigenvalue weighted by Crippen LogP contribution is 2.31. The Kier molecular flexibility index (Phi) is 2.88. The Labute approximate surface area is 108 Å². The summed E-state index contributed by atoms with van der Waals surface area (Å²) in [6.07, 6.45) is 3.22. The molecule has 0 bridgehead atoms. The van der Waals surface area contributed by atoms with Crippen LogP contribution in [0.25, 0.3) is 10.9 Å². The van der Waals surface area contributed by atoms with Crippen molar-refractivity contribution in [2.45, 2.75) is 45.9 Å². The predicted octanol–water partition coefficient (Wildman–Crippen LogP) is 2.67. The quantitative estimate of drug-likeness (QED) is 0.870. The Balaban J connectivity index is 2.25. The number of hydrogen-bond donors (Lipinski definition) is 2. The summed E-state index contributed by atoms with van der Waals surface area (Å²) in [7, 11) is 0. The van der Waals surface area contributed by atoms with Crippen LogP contribution in [0, 0.1) is 0 Å². The second-order valence-electron chi connectivity index (χ2n) is 5.13. The molecule has 2 heterocycles. The van der Waals surface area contributed by atoms with Gasteiger partial charge in [0.05, 0.1) is 0 Å². The third-order valence-corrected chi connectivity index (χ3v) is 4.04. The Morgan fingerprint density at radius 1 is 1.28 bits per heavy atom. The van der Waals surface area contributed by atoms with Crippen LogP contribution in [-0.2, 0) is 19.6 Å². The first-order chi connectivity index (χ1) is 8.74. The van der Waals surface area contributed by atoms with E-state index in [1.54, 1.807) is 0 Å². The molecule has 1 aromatic carbocycles. The zero-order valence-corrected chi connectivity index (χ0v) is 11.2. The molecule has 0 radical (unpaired) electrons. The lowest BCUT2D eigenvalue weighted by Gasteiger charge is -2.07. The molecule has 18 heavy (non-hydrogen) atoms. The summed E-state index contributed by atoms with van der Waals surface area (Å²) in [6.45, 7) is 7.32. The van der Waals surface area contributed by atoms with E-state index in [1.807, 2.05) is 0 Å². The minimum absolute atomic E-state index is 0.146. The van der Waals surface area contributed by atoms with Gasteiger partial charge in [0.2, 0.25) is 0 Å². The van der Waals surface area contributed by atoms with E-state index in [-0.39, 0.29) is 6.04 Å². The molecule has 3 rings (SSSR count). The van der Waals surface area contributed by atoms with E-state index in [4.69, 9.17) is 5.73 Å². The number of benzene rings is 1. The highest BCUT2D eigenvalue weighted by Gasteiger charge is 2.17. The van der Waals surface area contributed by atoms with Crippen LogP contribution < -0.4 is 11.1 Å². The fourth-order valence-corrected chi connectivity index (χ4v) is 2.89. The van der Waals surface area contributed by atoms with E-state index in [2.05, 4.69) is 42.1 Å². The second-order valence-corrected chi connectivity index (χ2v) is 5.13. The van der Waals surface area contributed by atoms with Gasteiger partial charge in [0.25, 0.3) is 0 Å². The first kappa shape index (κ1) is 11.8. The predicted molar refractivity (Wildman–Crippen MR) is 75.4 cm³/mol. The van der Waals surface area contributed by atoms with E-state index in [1.165, 1.54) is 27.6 Å². The van der Waals surface area contributed by atoms with Crippen molar-refractivity contribution >= 4 is 10.9 Å². The van der Waals surface area contributed by atoms with Crippen LogP contribution in [0.1, 0.15) is 43.0 Å². The molecule has 3 heteroatoms. The lowest BCUT2D eigenvalue weighted by Crippen LogP contribution is -2.08. The van der Waals surface area contributed by atoms with Crippen molar-refractivity contribution in [1.82, 2.24) is 9.88 Å². The Bertz CT molecular complexity index is 583. The molecule has 0 amide bonds. The molecule has 1 unspecified atom stereocenters.